The molecule has 0 saturated carbocycles. The molecule has 0 fully saturated rings. The normalized spacial score (nSPS) is 22.7. The first-order chi connectivity index (χ1) is 7.54. The summed E-state index contributed by atoms with van der Waals surface area (Å²) < 4.78 is 6.18. The van der Waals surface area contributed by atoms with Gasteiger partial charge in [-0.3, -0.25) is 10.1 Å². The Hall–Kier alpha value is -1.14. The highest BCUT2D eigenvalue weighted by Crippen LogP contribution is 2.44. The Kier molecular flexibility index (Phi) is 2.86. The van der Waals surface area contributed by atoms with Crippen molar-refractivity contribution in [3.63, 3.8) is 0 Å². The fourth-order valence-corrected chi connectivity index (χ4v) is 2.34. The van der Waals surface area contributed by atoms with E-state index in [0.717, 1.165) is 6.42 Å². The molecule has 1 aliphatic heterocycles. The van der Waals surface area contributed by atoms with Crippen LogP contribution in [0.5, 0.6) is 5.75 Å². The van der Waals surface area contributed by atoms with Gasteiger partial charge >= 0.3 is 5.69 Å². The van der Waals surface area contributed by atoms with E-state index in [9.17, 15) is 10.1 Å². The number of nitrogens with zero attached hydrogens (tertiary/aromatic N) is 1. The summed E-state index contributed by atoms with van der Waals surface area (Å²) in [5.74, 6) is 0.313. The maximum absolute atomic E-state index is 10.9. The number of nitro benzene ring substituents is 1. The minimum Gasteiger partial charge on any atom is -0.481 e. The summed E-state index contributed by atoms with van der Waals surface area (Å²) in [5.41, 5.74) is 6.64. The van der Waals surface area contributed by atoms with Crippen molar-refractivity contribution in [3.05, 3.63) is 32.3 Å². The van der Waals surface area contributed by atoms with Crippen LogP contribution in [-0.4, -0.2) is 11.0 Å². The Balaban J connectivity index is 2.55. The van der Waals surface area contributed by atoms with E-state index in [2.05, 4.69) is 15.9 Å². The lowest BCUT2D eigenvalue weighted by Crippen LogP contribution is -2.24. The minimum absolute atomic E-state index is 0.0317. The molecule has 0 aromatic heterocycles. The molecule has 2 atom stereocenters. The molecule has 6 heteroatoms. The standard InChI is InChI=1S/C10H11BrN2O3/c1-2-8-9(12)6-3-5(11)4-7(13(14)15)10(6)16-8/h3-4,8-9H,2,12H2,1H3. The number of halogens is 1. The molecule has 2 unspecified atom stereocenters. The highest BCUT2D eigenvalue weighted by atomic mass is 79.9. The lowest BCUT2D eigenvalue weighted by molar-refractivity contribution is -0.385. The Labute approximate surface area is 101 Å². The quantitative estimate of drug-likeness (QED) is 0.669. The highest BCUT2D eigenvalue weighted by molar-refractivity contribution is 9.10. The van der Waals surface area contributed by atoms with Gasteiger partial charge in [0.15, 0.2) is 0 Å². The molecule has 0 bridgehead atoms. The molecule has 0 saturated heterocycles. The number of hydrogen-bond donors (Lipinski definition) is 1. The third kappa shape index (κ3) is 1.68. The number of fused-ring (bicyclic) bond motifs is 1. The molecule has 0 radical (unpaired) electrons. The average molecular weight is 287 g/mol. The summed E-state index contributed by atoms with van der Waals surface area (Å²) in [6, 6.07) is 2.92. The van der Waals surface area contributed by atoms with Crippen LogP contribution in [0.1, 0.15) is 24.9 Å². The lowest BCUT2D eigenvalue weighted by atomic mass is 10.0. The van der Waals surface area contributed by atoms with Crippen molar-refractivity contribution in [2.75, 3.05) is 0 Å². The fourth-order valence-electron chi connectivity index (χ4n) is 1.87. The molecule has 1 heterocycles. The monoisotopic (exact) mass is 286 g/mol. The summed E-state index contributed by atoms with van der Waals surface area (Å²) in [5, 5.41) is 10.9. The summed E-state index contributed by atoms with van der Waals surface area (Å²) in [6.45, 7) is 1.94. The molecule has 1 aromatic carbocycles. The molecular weight excluding hydrogens is 276 g/mol. The number of nitro groups is 1. The van der Waals surface area contributed by atoms with E-state index in [-0.39, 0.29) is 17.8 Å². The van der Waals surface area contributed by atoms with Gasteiger partial charge < -0.3 is 10.5 Å². The van der Waals surface area contributed by atoms with Gasteiger partial charge in [-0.1, -0.05) is 22.9 Å². The summed E-state index contributed by atoms with van der Waals surface area (Å²) in [6.07, 6.45) is 0.549. The predicted octanol–water partition coefficient (Wildman–Crippen LogP) is 2.53. The van der Waals surface area contributed by atoms with E-state index in [1.807, 2.05) is 6.92 Å². The Morgan fingerprint density at radius 3 is 2.88 bits per heavy atom. The molecule has 2 rings (SSSR count). The van der Waals surface area contributed by atoms with Gasteiger partial charge in [0.2, 0.25) is 5.75 Å². The maximum Gasteiger partial charge on any atom is 0.312 e. The smallest absolute Gasteiger partial charge is 0.312 e. The van der Waals surface area contributed by atoms with E-state index in [1.165, 1.54) is 6.07 Å². The molecule has 1 aromatic rings. The molecule has 0 amide bonds. The van der Waals surface area contributed by atoms with Gasteiger partial charge in [-0.15, -0.1) is 0 Å². The van der Waals surface area contributed by atoms with Gasteiger partial charge in [-0.25, -0.2) is 0 Å². The molecule has 0 aliphatic carbocycles. The zero-order valence-electron chi connectivity index (χ0n) is 8.64. The van der Waals surface area contributed by atoms with Gasteiger partial charge in [0.1, 0.15) is 6.10 Å². The van der Waals surface area contributed by atoms with Crippen molar-refractivity contribution in [3.8, 4) is 5.75 Å². The Morgan fingerprint density at radius 2 is 2.31 bits per heavy atom. The van der Waals surface area contributed by atoms with Crippen LogP contribution in [0.3, 0.4) is 0 Å². The van der Waals surface area contributed by atoms with Crippen molar-refractivity contribution in [1.29, 1.82) is 0 Å². The predicted molar refractivity (Wildman–Crippen MR) is 62.4 cm³/mol. The fraction of sp³-hybridized carbons (Fsp3) is 0.400. The first kappa shape index (κ1) is 11.3. The molecule has 16 heavy (non-hydrogen) atoms. The minimum atomic E-state index is -0.450. The van der Waals surface area contributed by atoms with Gasteiger partial charge in [0, 0.05) is 16.1 Å². The lowest BCUT2D eigenvalue weighted by Gasteiger charge is -2.11. The number of rotatable bonds is 2. The van der Waals surface area contributed by atoms with Gasteiger partial charge in [0.05, 0.1) is 11.0 Å². The Bertz CT molecular complexity index is 450. The average Bonchev–Trinajstić information content (AvgIpc) is 2.55. The van der Waals surface area contributed by atoms with Crippen molar-refractivity contribution >= 4 is 21.6 Å². The van der Waals surface area contributed by atoms with Crippen LogP contribution in [0.15, 0.2) is 16.6 Å². The van der Waals surface area contributed by atoms with E-state index in [1.54, 1.807) is 6.07 Å². The van der Waals surface area contributed by atoms with Crippen molar-refractivity contribution in [2.24, 2.45) is 5.73 Å². The number of nitrogens with two attached hydrogens (primary N) is 1. The van der Waals surface area contributed by atoms with E-state index in [0.29, 0.717) is 15.8 Å². The zero-order chi connectivity index (χ0) is 11.9. The SMILES string of the molecule is CCC1Oc2c(cc(Br)cc2[N+](=O)[O-])C1N. The van der Waals surface area contributed by atoms with Crippen LogP contribution >= 0.6 is 15.9 Å². The zero-order valence-corrected chi connectivity index (χ0v) is 10.2. The second-order valence-corrected chi connectivity index (χ2v) is 4.61. The first-order valence-electron chi connectivity index (χ1n) is 4.94. The summed E-state index contributed by atoms with van der Waals surface area (Å²) >= 11 is 3.24. The van der Waals surface area contributed by atoms with Crippen molar-refractivity contribution in [2.45, 2.75) is 25.5 Å². The molecular formula is C10H11BrN2O3. The topological polar surface area (TPSA) is 78.4 Å². The largest absolute Gasteiger partial charge is 0.481 e. The highest BCUT2D eigenvalue weighted by Gasteiger charge is 2.36. The third-order valence-corrected chi connectivity index (χ3v) is 3.15. The van der Waals surface area contributed by atoms with Gasteiger partial charge in [-0.05, 0) is 12.5 Å². The summed E-state index contributed by atoms with van der Waals surface area (Å²) in [7, 11) is 0. The first-order valence-corrected chi connectivity index (χ1v) is 5.74. The van der Waals surface area contributed by atoms with Crippen LogP contribution in [-0.2, 0) is 0 Å². The molecule has 1 aliphatic rings. The molecule has 5 nitrogen and oxygen atoms in total. The van der Waals surface area contributed by atoms with Gasteiger partial charge in [0.25, 0.3) is 0 Å². The second-order valence-electron chi connectivity index (χ2n) is 3.69. The number of hydrogen-bond acceptors (Lipinski definition) is 4. The van der Waals surface area contributed by atoms with Crippen LogP contribution < -0.4 is 10.5 Å². The molecule has 0 spiro atoms. The molecule has 2 N–H and O–H groups in total. The Morgan fingerprint density at radius 1 is 1.62 bits per heavy atom. The van der Waals surface area contributed by atoms with E-state index >= 15 is 0 Å². The van der Waals surface area contributed by atoms with Crippen LogP contribution in [0, 0.1) is 10.1 Å². The van der Waals surface area contributed by atoms with Crippen molar-refractivity contribution in [1.82, 2.24) is 0 Å². The second kappa shape index (κ2) is 4.03. The number of ether oxygens (including phenoxy) is 1. The van der Waals surface area contributed by atoms with E-state index in [4.69, 9.17) is 10.5 Å². The van der Waals surface area contributed by atoms with E-state index < -0.39 is 4.92 Å². The third-order valence-electron chi connectivity index (χ3n) is 2.69. The van der Waals surface area contributed by atoms with Crippen molar-refractivity contribution < 1.29 is 9.66 Å². The maximum atomic E-state index is 10.9. The van der Waals surface area contributed by atoms with Crippen LogP contribution in [0.4, 0.5) is 5.69 Å². The number of benzene rings is 1. The summed E-state index contributed by atoms with van der Waals surface area (Å²) in [4.78, 5) is 10.4. The van der Waals surface area contributed by atoms with Gasteiger partial charge in [-0.2, -0.15) is 0 Å². The van der Waals surface area contributed by atoms with Crippen LogP contribution in [0.25, 0.3) is 0 Å². The van der Waals surface area contributed by atoms with Crippen LogP contribution in [0.2, 0.25) is 0 Å². The molecule has 86 valence electrons.